The number of halogens is 2. The van der Waals surface area contributed by atoms with Gasteiger partial charge in [-0.1, -0.05) is 194 Å². The number of rotatable bonds is 15. The van der Waals surface area contributed by atoms with E-state index < -0.39 is 30.1 Å². The minimum atomic E-state index is -1.87. The van der Waals surface area contributed by atoms with Crippen molar-refractivity contribution in [2.75, 3.05) is 13.7 Å². The van der Waals surface area contributed by atoms with Crippen molar-refractivity contribution in [3.8, 4) is 33.4 Å². The van der Waals surface area contributed by atoms with Gasteiger partial charge >= 0.3 is 11.9 Å². The number of aryl methyl sites for hydroxylation is 1. The molecule has 6 N–H and O–H groups in total. The number of aliphatic hydroxyl groups is 2. The Morgan fingerprint density at radius 2 is 0.961 bits per heavy atom. The summed E-state index contributed by atoms with van der Waals surface area (Å²) in [5, 5.41) is 35.2. The Morgan fingerprint density at radius 3 is 1.37 bits per heavy atom. The molecule has 8 aromatic carbocycles. The van der Waals surface area contributed by atoms with Crippen LogP contribution in [0.3, 0.4) is 0 Å². The summed E-state index contributed by atoms with van der Waals surface area (Å²) in [4.78, 5) is 57.5. The Labute approximate surface area is 450 Å². The van der Waals surface area contributed by atoms with Crippen LogP contribution in [0.25, 0.3) is 33.4 Å². The van der Waals surface area contributed by atoms with E-state index in [1.54, 1.807) is 47.8 Å². The maximum absolute atomic E-state index is 12.4. The smallest absolute Gasteiger partial charge is 0.353 e. The number of aliphatic hydroxyl groups excluding tert-OH is 2. The molecule has 0 saturated heterocycles. The molecule has 0 aliphatic rings. The molecule has 0 radical (unpaired) electrons. The van der Waals surface area contributed by atoms with Crippen LogP contribution in [0.5, 0.6) is 0 Å². The molecule has 390 valence electrons. The lowest BCUT2D eigenvalue weighted by Crippen LogP contribution is -2.40. The first kappa shape index (κ1) is 59.9. The quantitative estimate of drug-likeness (QED) is 0.0171. The van der Waals surface area contributed by atoms with Gasteiger partial charge in [-0.15, -0.1) is 12.6 Å². The summed E-state index contributed by atoms with van der Waals surface area (Å²) >= 11 is 9.17. The zero-order valence-corrected chi connectivity index (χ0v) is 42.9. The average Bonchev–Trinajstić information content (AvgIpc) is 3.48. The maximum Gasteiger partial charge on any atom is 0.353 e. The molecule has 0 spiro atoms. The fourth-order valence-corrected chi connectivity index (χ4v) is 7.26. The highest BCUT2D eigenvalue weighted by Crippen LogP contribution is 2.25. The zero-order chi connectivity index (χ0) is 55.2. The molecule has 3 amide bonds. The highest BCUT2D eigenvalue weighted by molar-refractivity contribution is 7.80. The van der Waals surface area contributed by atoms with Crippen LogP contribution >= 0.6 is 24.8 Å². The standard InChI is InChI=1S/C22H19NO3S.C16H15NO2S.C13H12.C9H9NO4.F2/c1-26-22(25)20(23-21(24)18-5-3-2-4-6-18)17-9-7-15(8-10-17)16-11-13-19(27)14-12-16;18-9-16(17-11-19)15-7-5-14(6-8-15)13-3-1-12(10-20)2-4-13;1-11-7-9-13(10-8-11)12-5-3-2-4-6-12;11-7(10-8(12)9(13)14)6-4-2-1-3-5-6;1-2/h2-14,20,27H,1H3,(H,23,24);1-8,10-11,16,18H,9H2,(H,17,19);2-10H,1H3;1-5,8,12H,(H,10,11)(H,13,14);. The van der Waals surface area contributed by atoms with E-state index in [1.807, 2.05) is 115 Å². The van der Waals surface area contributed by atoms with Gasteiger partial charge in [0.25, 0.3) is 11.8 Å². The van der Waals surface area contributed by atoms with Gasteiger partial charge in [-0.05, 0) is 93.4 Å². The Morgan fingerprint density at radius 1 is 0.579 bits per heavy atom. The lowest BCUT2D eigenvalue weighted by atomic mass is 10.0. The van der Waals surface area contributed by atoms with Gasteiger partial charge in [0, 0.05) is 30.5 Å². The number of thiol groups is 1. The number of thiocarbonyl (C=S) groups is 1. The van der Waals surface area contributed by atoms with Crippen LogP contribution in [0.2, 0.25) is 0 Å². The van der Waals surface area contributed by atoms with Crippen LogP contribution < -0.4 is 16.0 Å². The summed E-state index contributed by atoms with van der Waals surface area (Å²) in [6.45, 7) is 1.98. The number of carbonyl (C=O) groups excluding carboxylic acids is 4. The van der Waals surface area contributed by atoms with Crippen molar-refractivity contribution >= 4 is 60.4 Å². The van der Waals surface area contributed by atoms with Gasteiger partial charge in [-0.2, -0.15) is 0 Å². The summed E-state index contributed by atoms with van der Waals surface area (Å²) in [6.07, 6.45) is -1.28. The second-order valence-electron chi connectivity index (χ2n) is 16.2. The van der Waals surface area contributed by atoms with Gasteiger partial charge in [0.05, 0.1) is 19.8 Å². The highest BCUT2D eigenvalue weighted by atomic mass is 32.1. The molecule has 8 aromatic rings. The lowest BCUT2D eigenvalue weighted by Gasteiger charge is -2.17. The molecule has 0 aliphatic heterocycles. The minimum absolute atomic E-state index is 0.124. The number of carbonyl (C=O) groups is 5. The van der Waals surface area contributed by atoms with Gasteiger partial charge < -0.3 is 36.0 Å². The molecule has 0 heterocycles. The van der Waals surface area contributed by atoms with E-state index in [2.05, 4.69) is 78.7 Å². The normalized spacial score (nSPS) is 11.1. The first-order valence-electron chi connectivity index (χ1n) is 23.2. The third-order valence-electron chi connectivity index (χ3n) is 11.0. The number of benzene rings is 8. The van der Waals surface area contributed by atoms with E-state index in [0.29, 0.717) is 23.1 Å². The van der Waals surface area contributed by atoms with Crippen LogP contribution in [-0.4, -0.2) is 70.8 Å². The molecule has 76 heavy (non-hydrogen) atoms. The molecule has 0 aromatic heterocycles. The number of methoxy groups -OCH3 is 1. The number of carboxylic acids is 1. The van der Waals surface area contributed by atoms with Gasteiger partial charge in [0.15, 0.2) is 6.04 Å². The van der Waals surface area contributed by atoms with Crippen LogP contribution in [0.1, 0.15) is 55.1 Å². The molecule has 16 heteroatoms. The molecule has 8 rings (SSSR count). The summed E-state index contributed by atoms with van der Waals surface area (Å²) in [7, 11) is 1.30. The Kier molecular flexibility index (Phi) is 25.6. The monoisotopic (exact) mass is 1060 g/mol. The number of ether oxygens (including phenoxy) is 1. The lowest BCUT2D eigenvalue weighted by molar-refractivity contribution is -0.147. The van der Waals surface area contributed by atoms with Crippen LogP contribution in [0, 0.1) is 6.92 Å². The third kappa shape index (κ3) is 19.3. The second-order valence-corrected chi connectivity index (χ2v) is 16.9. The van der Waals surface area contributed by atoms with E-state index in [4.69, 9.17) is 36.3 Å². The number of hydrogen-bond acceptors (Lipinski definition) is 10. The summed E-state index contributed by atoms with van der Waals surface area (Å²) in [5.74, 6) is -2.97. The van der Waals surface area contributed by atoms with E-state index in [9.17, 15) is 29.1 Å². The van der Waals surface area contributed by atoms with Crippen LogP contribution in [-0.2, 0) is 19.1 Å². The van der Waals surface area contributed by atoms with Crippen LogP contribution in [0.15, 0.2) is 217 Å². The van der Waals surface area contributed by atoms with Gasteiger partial charge in [0.2, 0.25) is 12.6 Å². The number of nitrogens with one attached hydrogen (secondary N) is 3. The molecule has 0 saturated carbocycles. The predicted molar refractivity (Wildman–Crippen MR) is 298 cm³/mol. The molecule has 12 nitrogen and oxygen atoms in total. The molecular formula is C60H55F2N3O9S2. The van der Waals surface area contributed by atoms with E-state index in [1.165, 1.54) is 35.9 Å². The number of amides is 3. The summed E-state index contributed by atoms with van der Waals surface area (Å²) in [5.41, 5.74) is 11.4. The minimum Gasteiger partial charge on any atom is -0.478 e. The highest BCUT2D eigenvalue weighted by Gasteiger charge is 2.24. The first-order valence-corrected chi connectivity index (χ1v) is 24.1. The Hall–Kier alpha value is -8.67. The molecule has 3 unspecified atom stereocenters. The average molecular weight is 1060 g/mol. The largest absolute Gasteiger partial charge is 0.478 e. The second kappa shape index (κ2) is 32.5. The third-order valence-corrected chi connectivity index (χ3v) is 11.6. The van der Waals surface area contributed by atoms with Crippen molar-refractivity contribution in [2.45, 2.75) is 30.1 Å². The predicted octanol–water partition coefficient (Wildman–Crippen LogP) is 11.1. The fraction of sp³-hybridized carbons (Fsp3) is 0.100. The van der Waals surface area contributed by atoms with Gasteiger partial charge in [-0.25, -0.2) is 9.59 Å². The van der Waals surface area contributed by atoms with Crippen molar-refractivity contribution in [1.29, 1.82) is 0 Å². The van der Waals surface area contributed by atoms with Crippen molar-refractivity contribution < 1.29 is 53.2 Å². The topological polar surface area (TPSA) is 191 Å². The number of hydrogen-bond donors (Lipinski definition) is 7. The number of aliphatic carboxylic acids is 1. The van der Waals surface area contributed by atoms with Crippen molar-refractivity contribution in [3.05, 3.63) is 246 Å². The van der Waals surface area contributed by atoms with E-state index in [-0.39, 0.29) is 18.6 Å². The summed E-state index contributed by atoms with van der Waals surface area (Å²) < 4.78 is 20.9. The van der Waals surface area contributed by atoms with E-state index >= 15 is 0 Å². The fourth-order valence-electron chi connectivity index (χ4n) is 6.96. The molecule has 0 fully saturated rings. The SMILES string of the molecule is COC(=O)C(NC(=O)c1ccccc1)c1ccc(-c2ccc(S)cc2)cc1.Cc1ccc(-c2ccccc2)cc1.FF.O=C(NC(O)C(=O)O)c1ccccc1.O=CNC(CO)c1ccc(-c2ccc(C=S)cc2)cc1. The Bertz CT molecular complexity index is 3030. The van der Waals surface area contributed by atoms with Crippen molar-refractivity contribution in [2.24, 2.45) is 0 Å². The van der Waals surface area contributed by atoms with Crippen LogP contribution in [0.4, 0.5) is 9.15 Å². The zero-order valence-electron chi connectivity index (χ0n) is 41.2. The Balaban J connectivity index is 0.000000226. The maximum atomic E-state index is 12.4. The van der Waals surface area contributed by atoms with Crippen molar-refractivity contribution in [3.63, 3.8) is 0 Å². The molecular weight excluding hydrogens is 1010 g/mol. The van der Waals surface area contributed by atoms with Gasteiger partial charge in [0.1, 0.15) is 0 Å². The molecule has 0 aliphatic carbocycles. The molecule has 3 atom stereocenters. The van der Waals surface area contributed by atoms with E-state index in [0.717, 1.165) is 38.3 Å². The van der Waals surface area contributed by atoms with Gasteiger partial charge in [-0.3, -0.25) is 14.4 Å². The number of esters is 1. The van der Waals surface area contributed by atoms with Crippen molar-refractivity contribution in [1.82, 2.24) is 16.0 Å². The first-order chi connectivity index (χ1) is 36.8. The molecule has 0 bridgehead atoms. The number of carboxylic acid groups (broad SMARTS) is 1. The summed E-state index contributed by atoms with van der Waals surface area (Å²) in [6, 6.07) is 65.6.